The van der Waals surface area contributed by atoms with Gasteiger partial charge in [0.2, 0.25) is 0 Å². The van der Waals surface area contributed by atoms with Gasteiger partial charge in [-0.15, -0.1) is 11.3 Å². The second kappa shape index (κ2) is 9.22. The van der Waals surface area contributed by atoms with Gasteiger partial charge in [-0.3, -0.25) is 9.69 Å². The number of piperazine rings is 1. The molecule has 3 rings (SSSR count). The highest BCUT2D eigenvalue weighted by atomic mass is 32.1. The van der Waals surface area contributed by atoms with Crippen LogP contribution in [-0.4, -0.2) is 54.5 Å². The average Bonchev–Trinajstić information content (AvgIpc) is 3.13. The number of benzene rings is 1. The van der Waals surface area contributed by atoms with Crippen LogP contribution >= 0.6 is 11.3 Å². The molecule has 1 fully saturated rings. The normalized spacial score (nSPS) is 16.0. The summed E-state index contributed by atoms with van der Waals surface area (Å²) in [5.41, 5.74) is 1.09. The van der Waals surface area contributed by atoms with Gasteiger partial charge in [0.1, 0.15) is 16.7 Å². The van der Waals surface area contributed by atoms with Crippen molar-refractivity contribution in [2.45, 2.75) is 26.8 Å². The summed E-state index contributed by atoms with van der Waals surface area (Å²) in [6, 6.07) is 14.3. The molecule has 0 N–H and O–H groups in total. The van der Waals surface area contributed by atoms with Crippen molar-refractivity contribution in [2.75, 3.05) is 32.8 Å². The highest BCUT2D eigenvalue weighted by Crippen LogP contribution is 2.37. The number of hydrogen-bond donors (Lipinski definition) is 0. The molecule has 0 saturated carbocycles. The summed E-state index contributed by atoms with van der Waals surface area (Å²) in [5, 5.41) is 9.42. The molecule has 1 atom stereocenters. The van der Waals surface area contributed by atoms with E-state index in [1.165, 1.54) is 11.3 Å². The van der Waals surface area contributed by atoms with Crippen molar-refractivity contribution >= 4 is 17.2 Å². The van der Waals surface area contributed by atoms with Crippen molar-refractivity contribution in [2.24, 2.45) is 5.92 Å². The van der Waals surface area contributed by atoms with Crippen LogP contribution in [0.3, 0.4) is 0 Å². The molecule has 28 heavy (non-hydrogen) atoms. The maximum absolute atomic E-state index is 13.2. The molecule has 0 aliphatic carbocycles. The lowest BCUT2D eigenvalue weighted by Crippen LogP contribution is -2.52. The van der Waals surface area contributed by atoms with E-state index in [-0.39, 0.29) is 17.9 Å². The minimum atomic E-state index is -0.0948. The van der Waals surface area contributed by atoms with E-state index >= 15 is 0 Å². The summed E-state index contributed by atoms with van der Waals surface area (Å²) in [7, 11) is 0. The first-order chi connectivity index (χ1) is 13.5. The molecule has 2 aromatic rings. The zero-order valence-corrected chi connectivity index (χ0v) is 17.5. The summed E-state index contributed by atoms with van der Waals surface area (Å²) < 4.78 is 5.77. The van der Waals surface area contributed by atoms with E-state index < -0.39 is 0 Å². The van der Waals surface area contributed by atoms with Crippen molar-refractivity contribution in [1.82, 2.24) is 9.80 Å². The first kappa shape index (κ1) is 20.4. The van der Waals surface area contributed by atoms with Gasteiger partial charge in [-0.1, -0.05) is 44.2 Å². The molecule has 1 aliphatic rings. The van der Waals surface area contributed by atoms with Crippen LogP contribution in [0.25, 0.3) is 10.4 Å². The van der Waals surface area contributed by atoms with Crippen LogP contribution in [0.15, 0.2) is 36.4 Å². The fourth-order valence-electron chi connectivity index (χ4n) is 3.53. The quantitative estimate of drug-likeness (QED) is 0.736. The third kappa shape index (κ3) is 4.37. The minimum Gasteiger partial charge on any atom is -0.492 e. The van der Waals surface area contributed by atoms with Gasteiger partial charge in [-0.05, 0) is 24.5 Å². The molecule has 1 aliphatic heterocycles. The number of amides is 1. The third-order valence-corrected chi connectivity index (χ3v) is 6.16. The van der Waals surface area contributed by atoms with Crippen molar-refractivity contribution in [3.63, 3.8) is 0 Å². The summed E-state index contributed by atoms with van der Waals surface area (Å²) in [4.78, 5) is 19.0. The summed E-state index contributed by atoms with van der Waals surface area (Å²) in [6.45, 7) is 9.30. The molecule has 1 aromatic carbocycles. The van der Waals surface area contributed by atoms with Crippen molar-refractivity contribution < 1.29 is 9.53 Å². The van der Waals surface area contributed by atoms with Crippen molar-refractivity contribution in [3.8, 4) is 22.3 Å². The van der Waals surface area contributed by atoms with Crippen LogP contribution in [0.4, 0.5) is 0 Å². The average molecular weight is 398 g/mol. The van der Waals surface area contributed by atoms with Crippen LogP contribution in [0.5, 0.6) is 5.75 Å². The minimum absolute atomic E-state index is 0.0216. The molecule has 148 valence electrons. The number of nitrogens with zero attached hydrogens (tertiary/aromatic N) is 3. The Morgan fingerprint density at radius 3 is 2.46 bits per heavy atom. The molecular weight excluding hydrogens is 370 g/mol. The molecule has 5 nitrogen and oxygen atoms in total. The molecule has 6 heteroatoms. The molecule has 1 amide bonds. The summed E-state index contributed by atoms with van der Waals surface area (Å²) in [6.07, 6.45) is 0. The monoisotopic (exact) mass is 397 g/mol. The molecule has 2 heterocycles. The van der Waals surface area contributed by atoms with Crippen molar-refractivity contribution in [1.29, 1.82) is 5.26 Å². The standard InChI is InChI=1S/C22H27N3O2S/c1-4-27-19-14-20(17-8-6-5-7-9-17)28-21(19)22(26)25-12-10-24(11-13-25)18(15-23)16(2)3/h5-9,14,16,18H,4,10-13H2,1-3H3. The van der Waals surface area contributed by atoms with E-state index in [4.69, 9.17) is 4.74 Å². The predicted octanol–water partition coefficient (Wildman–Crippen LogP) is 4.12. The van der Waals surface area contributed by atoms with E-state index in [2.05, 4.69) is 24.8 Å². The van der Waals surface area contributed by atoms with E-state index in [1.54, 1.807) is 0 Å². The lowest BCUT2D eigenvalue weighted by Gasteiger charge is -2.38. The second-order valence-electron chi connectivity index (χ2n) is 7.25. The summed E-state index contributed by atoms with van der Waals surface area (Å²) >= 11 is 1.49. The third-order valence-electron chi connectivity index (χ3n) is 5.01. The number of nitriles is 1. The SMILES string of the molecule is CCOc1cc(-c2ccccc2)sc1C(=O)N1CCN(C(C#N)C(C)C)CC1. The second-order valence-corrected chi connectivity index (χ2v) is 8.30. The first-order valence-electron chi connectivity index (χ1n) is 9.80. The first-order valence-corrected chi connectivity index (χ1v) is 10.6. The lowest BCUT2D eigenvalue weighted by atomic mass is 10.0. The lowest BCUT2D eigenvalue weighted by molar-refractivity contribution is 0.0578. The van der Waals surface area contributed by atoms with Crippen LogP contribution in [0.2, 0.25) is 0 Å². The Bertz CT molecular complexity index is 833. The molecule has 0 bridgehead atoms. The Labute approximate surface area is 171 Å². The zero-order chi connectivity index (χ0) is 20.1. The van der Waals surface area contributed by atoms with Gasteiger partial charge in [0.05, 0.1) is 12.7 Å². The number of ether oxygens (including phenoxy) is 1. The van der Waals surface area contributed by atoms with Gasteiger partial charge in [0, 0.05) is 31.1 Å². The highest BCUT2D eigenvalue weighted by Gasteiger charge is 2.30. The Morgan fingerprint density at radius 1 is 1.21 bits per heavy atom. The van der Waals surface area contributed by atoms with E-state index in [1.807, 2.05) is 48.2 Å². The summed E-state index contributed by atoms with van der Waals surface area (Å²) in [5.74, 6) is 0.965. The Hall–Kier alpha value is -2.36. The Balaban J connectivity index is 1.76. The van der Waals surface area contributed by atoms with Gasteiger partial charge in [-0.2, -0.15) is 5.26 Å². The zero-order valence-electron chi connectivity index (χ0n) is 16.7. The van der Waals surface area contributed by atoms with Gasteiger partial charge in [-0.25, -0.2) is 0 Å². The molecule has 0 radical (unpaired) electrons. The molecule has 1 saturated heterocycles. The van der Waals surface area contributed by atoms with E-state index in [0.29, 0.717) is 30.3 Å². The van der Waals surface area contributed by atoms with E-state index in [0.717, 1.165) is 23.5 Å². The maximum Gasteiger partial charge on any atom is 0.267 e. The topological polar surface area (TPSA) is 56.6 Å². The van der Waals surface area contributed by atoms with Gasteiger partial charge < -0.3 is 9.64 Å². The molecule has 1 unspecified atom stereocenters. The van der Waals surface area contributed by atoms with Crippen LogP contribution < -0.4 is 4.74 Å². The van der Waals surface area contributed by atoms with Crippen LogP contribution in [-0.2, 0) is 0 Å². The van der Waals surface area contributed by atoms with Crippen molar-refractivity contribution in [3.05, 3.63) is 41.3 Å². The number of hydrogen-bond acceptors (Lipinski definition) is 5. The Kier molecular flexibility index (Phi) is 6.71. The molecular formula is C22H27N3O2S. The van der Waals surface area contributed by atoms with Gasteiger partial charge in [0.25, 0.3) is 5.91 Å². The largest absolute Gasteiger partial charge is 0.492 e. The maximum atomic E-state index is 13.2. The molecule has 1 aromatic heterocycles. The van der Waals surface area contributed by atoms with Crippen LogP contribution in [0.1, 0.15) is 30.4 Å². The van der Waals surface area contributed by atoms with E-state index in [9.17, 15) is 10.1 Å². The highest BCUT2D eigenvalue weighted by molar-refractivity contribution is 7.17. The Morgan fingerprint density at radius 2 is 1.89 bits per heavy atom. The predicted molar refractivity (Wildman–Crippen MR) is 113 cm³/mol. The molecule has 0 spiro atoms. The van der Waals surface area contributed by atoms with Gasteiger partial charge in [0.15, 0.2) is 0 Å². The number of carbonyl (C=O) groups is 1. The van der Waals surface area contributed by atoms with Gasteiger partial charge >= 0.3 is 0 Å². The number of thiophene rings is 1. The van der Waals surface area contributed by atoms with Crippen LogP contribution in [0, 0.1) is 17.2 Å². The fraction of sp³-hybridized carbons (Fsp3) is 0.455. The number of rotatable bonds is 6. The number of carbonyl (C=O) groups excluding carboxylic acids is 1. The fourth-order valence-corrected chi connectivity index (χ4v) is 4.60. The smallest absolute Gasteiger partial charge is 0.267 e.